The van der Waals surface area contributed by atoms with E-state index in [0.29, 0.717) is 5.56 Å². The molecule has 0 unspecified atom stereocenters. The molecule has 0 fully saturated rings. The summed E-state index contributed by atoms with van der Waals surface area (Å²) in [5, 5.41) is 8.37. The highest BCUT2D eigenvalue weighted by Gasteiger charge is 2.20. The van der Waals surface area contributed by atoms with Crippen molar-refractivity contribution < 1.29 is 23.4 Å². The van der Waals surface area contributed by atoms with Crippen LogP contribution in [0.1, 0.15) is 26.3 Å². The van der Waals surface area contributed by atoms with E-state index in [1.54, 1.807) is 0 Å². The van der Waals surface area contributed by atoms with Crippen molar-refractivity contribution in [1.82, 2.24) is 0 Å². The second kappa shape index (κ2) is 4.69. The van der Waals surface area contributed by atoms with Gasteiger partial charge in [-0.1, -0.05) is 20.8 Å². The number of benzene rings is 1. The molecule has 0 aliphatic rings. The third kappa shape index (κ3) is 3.41. The fourth-order valence-electron chi connectivity index (χ4n) is 1.26. The van der Waals surface area contributed by atoms with E-state index < -0.39 is 35.4 Å². The van der Waals surface area contributed by atoms with Gasteiger partial charge in [0.25, 0.3) is 0 Å². The second-order valence-electron chi connectivity index (χ2n) is 4.70. The van der Waals surface area contributed by atoms with Crippen LogP contribution >= 0.6 is 0 Å². The smallest absolute Gasteiger partial charge is 0.341 e. The number of rotatable bonds is 3. The molecule has 0 aliphatic carbocycles. The summed E-state index contributed by atoms with van der Waals surface area (Å²) in [7, 11) is 0. The lowest BCUT2D eigenvalue weighted by molar-refractivity contribution is -0.139. The van der Waals surface area contributed by atoms with Gasteiger partial charge in [0, 0.05) is 0 Å². The SMILES string of the molecule is CC(C)(C)c1cc(F)c(OCC(=O)O)c(F)c1. The van der Waals surface area contributed by atoms with Crippen LogP contribution in [0.15, 0.2) is 12.1 Å². The molecule has 0 aliphatic heterocycles. The Balaban J connectivity index is 3.07. The van der Waals surface area contributed by atoms with Gasteiger partial charge in [-0.3, -0.25) is 0 Å². The van der Waals surface area contributed by atoms with Crippen LogP contribution in [0, 0.1) is 11.6 Å². The lowest BCUT2D eigenvalue weighted by Crippen LogP contribution is -2.15. The van der Waals surface area contributed by atoms with Crippen molar-refractivity contribution in [2.75, 3.05) is 6.61 Å². The van der Waals surface area contributed by atoms with E-state index in [4.69, 9.17) is 5.11 Å². The summed E-state index contributed by atoms with van der Waals surface area (Å²) in [6.07, 6.45) is 0. The second-order valence-corrected chi connectivity index (χ2v) is 4.70. The zero-order valence-electron chi connectivity index (χ0n) is 9.88. The van der Waals surface area contributed by atoms with Crippen LogP contribution in [0.3, 0.4) is 0 Å². The van der Waals surface area contributed by atoms with Crippen LogP contribution in [-0.2, 0) is 10.2 Å². The summed E-state index contributed by atoms with van der Waals surface area (Å²) >= 11 is 0. The predicted molar refractivity (Wildman–Crippen MR) is 58.2 cm³/mol. The molecule has 0 saturated heterocycles. The van der Waals surface area contributed by atoms with E-state index in [-0.39, 0.29) is 0 Å². The summed E-state index contributed by atoms with van der Waals surface area (Å²) < 4.78 is 31.6. The average molecular weight is 244 g/mol. The normalized spacial score (nSPS) is 11.4. The van der Waals surface area contributed by atoms with Gasteiger partial charge >= 0.3 is 5.97 Å². The number of carbonyl (C=O) groups is 1. The topological polar surface area (TPSA) is 46.5 Å². The first-order valence-corrected chi connectivity index (χ1v) is 5.06. The third-order valence-electron chi connectivity index (χ3n) is 2.20. The molecule has 0 aromatic heterocycles. The van der Waals surface area contributed by atoms with E-state index in [1.807, 2.05) is 20.8 Å². The van der Waals surface area contributed by atoms with E-state index in [9.17, 15) is 13.6 Å². The largest absolute Gasteiger partial charge is 0.479 e. The fraction of sp³-hybridized carbons (Fsp3) is 0.417. The molecule has 0 heterocycles. The number of carboxylic acid groups (broad SMARTS) is 1. The number of halogens is 2. The number of aliphatic carboxylic acids is 1. The Morgan fingerprint density at radius 1 is 1.29 bits per heavy atom. The van der Waals surface area contributed by atoms with E-state index >= 15 is 0 Å². The Kier molecular flexibility index (Phi) is 3.70. The van der Waals surface area contributed by atoms with Gasteiger partial charge in [0.05, 0.1) is 0 Å². The zero-order valence-corrected chi connectivity index (χ0v) is 9.88. The molecule has 94 valence electrons. The van der Waals surface area contributed by atoms with Crippen molar-refractivity contribution in [2.24, 2.45) is 0 Å². The van der Waals surface area contributed by atoms with Gasteiger partial charge in [-0.2, -0.15) is 0 Å². The van der Waals surface area contributed by atoms with Crippen molar-refractivity contribution in [1.29, 1.82) is 0 Å². The summed E-state index contributed by atoms with van der Waals surface area (Å²) in [5.74, 6) is -3.73. The predicted octanol–water partition coefficient (Wildman–Crippen LogP) is 2.73. The molecule has 1 aromatic rings. The Labute approximate surface area is 98.0 Å². The van der Waals surface area contributed by atoms with Crippen molar-refractivity contribution in [3.8, 4) is 5.75 Å². The van der Waals surface area contributed by atoms with Crippen LogP contribution in [0.5, 0.6) is 5.75 Å². The molecule has 1 aromatic carbocycles. The monoisotopic (exact) mass is 244 g/mol. The van der Waals surface area contributed by atoms with Gasteiger partial charge < -0.3 is 9.84 Å². The summed E-state index contributed by atoms with van der Waals surface area (Å²) in [6, 6.07) is 2.31. The first-order chi connectivity index (χ1) is 7.71. The van der Waals surface area contributed by atoms with Crippen molar-refractivity contribution in [3.63, 3.8) is 0 Å². The molecule has 1 rings (SSSR count). The molecule has 0 saturated carbocycles. The van der Waals surface area contributed by atoms with Gasteiger partial charge in [-0.15, -0.1) is 0 Å². The third-order valence-corrected chi connectivity index (χ3v) is 2.20. The quantitative estimate of drug-likeness (QED) is 0.889. The van der Waals surface area contributed by atoms with Crippen LogP contribution < -0.4 is 4.74 Å². The van der Waals surface area contributed by atoms with E-state index in [0.717, 1.165) is 12.1 Å². The maximum atomic E-state index is 13.5. The standard InChI is InChI=1S/C12H14F2O3/c1-12(2,3)7-4-8(13)11(9(14)5-7)17-6-10(15)16/h4-5H,6H2,1-3H3,(H,15,16). The molecule has 0 atom stereocenters. The molecule has 0 radical (unpaired) electrons. The van der Waals surface area contributed by atoms with Gasteiger partial charge in [0.1, 0.15) is 0 Å². The van der Waals surface area contributed by atoms with E-state index in [1.165, 1.54) is 0 Å². The van der Waals surface area contributed by atoms with Gasteiger partial charge in [-0.05, 0) is 23.1 Å². The molecular weight excluding hydrogens is 230 g/mol. The highest BCUT2D eigenvalue weighted by molar-refractivity contribution is 5.68. The first kappa shape index (κ1) is 13.4. The minimum absolute atomic E-state index is 0.396. The molecule has 0 bridgehead atoms. The Morgan fingerprint density at radius 2 is 1.76 bits per heavy atom. The molecule has 3 nitrogen and oxygen atoms in total. The maximum absolute atomic E-state index is 13.5. The Bertz CT molecular complexity index is 413. The fourth-order valence-corrected chi connectivity index (χ4v) is 1.26. The van der Waals surface area contributed by atoms with Crippen LogP contribution in [0.25, 0.3) is 0 Å². The van der Waals surface area contributed by atoms with Crippen molar-refractivity contribution >= 4 is 5.97 Å². The number of ether oxygens (including phenoxy) is 1. The van der Waals surface area contributed by atoms with Crippen molar-refractivity contribution in [3.05, 3.63) is 29.3 Å². The Hall–Kier alpha value is -1.65. The highest BCUT2D eigenvalue weighted by atomic mass is 19.1. The molecule has 0 amide bonds. The highest BCUT2D eigenvalue weighted by Crippen LogP contribution is 2.29. The molecule has 0 spiro atoms. The zero-order chi connectivity index (χ0) is 13.2. The first-order valence-electron chi connectivity index (χ1n) is 5.06. The van der Waals surface area contributed by atoms with Crippen LogP contribution in [-0.4, -0.2) is 17.7 Å². The summed E-state index contributed by atoms with van der Waals surface area (Å²) in [5.41, 5.74) is 0.0858. The maximum Gasteiger partial charge on any atom is 0.341 e. The van der Waals surface area contributed by atoms with E-state index in [2.05, 4.69) is 4.74 Å². The van der Waals surface area contributed by atoms with Crippen LogP contribution in [0.4, 0.5) is 8.78 Å². The summed E-state index contributed by atoms with van der Waals surface area (Å²) in [6.45, 7) is 4.68. The number of carboxylic acids is 1. The minimum atomic E-state index is -1.29. The average Bonchev–Trinajstić information content (AvgIpc) is 2.14. The lowest BCUT2D eigenvalue weighted by atomic mass is 9.87. The minimum Gasteiger partial charge on any atom is -0.479 e. The number of hydrogen-bond donors (Lipinski definition) is 1. The van der Waals surface area contributed by atoms with Gasteiger partial charge in [-0.25, -0.2) is 13.6 Å². The molecule has 1 N–H and O–H groups in total. The summed E-state index contributed by atoms with van der Waals surface area (Å²) in [4.78, 5) is 10.3. The van der Waals surface area contributed by atoms with Gasteiger partial charge in [0.15, 0.2) is 24.0 Å². The van der Waals surface area contributed by atoms with Crippen molar-refractivity contribution in [2.45, 2.75) is 26.2 Å². The lowest BCUT2D eigenvalue weighted by Gasteiger charge is -2.20. The molecular formula is C12H14F2O3. The molecule has 17 heavy (non-hydrogen) atoms. The number of hydrogen-bond acceptors (Lipinski definition) is 2. The molecule has 5 heteroatoms. The van der Waals surface area contributed by atoms with Crippen LogP contribution in [0.2, 0.25) is 0 Å². The Morgan fingerprint density at radius 3 is 2.12 bits per heavy atom. The van der Waals surface area contributed by atoms with Gasteiger partial charge in [0.2, 0.25) is 0 Å².